The number of hydrogen-bond acceptors (Lipinski definition) is 3. The first-order chi connectivity index (χ1) is 7.65. The lowest BCUT2D eigenvalue weighted by atomic mass is 10.2. The topological polar surface area (TPSA) is 70.6 Å². The second kappa shape index (κ2) is 4.14. The summed E-state index contributed by atoms with van der Waals surface area (Å²) >= 11 is 0. The third-order valence-corrected chi connectivity index (χ3v) is 2.18. The van der Waals surface area contributed by atoms with Crippen molar-refractivity contribution in [3.05, 3.63) is 29.8 Å². The average molecular weight is 217 g/mol. The van der Waals surface area contributed by atoms with Crippen molar-refractivity contribution in [3.63, 3.8) is 0 Å². The predicted octanol–water partition coefficient (Wildman–Crippen LogP) is 0.809. The summed E-state index contributed by atoms with van der Waals surface area (Å²) in [7, 11) is 0. The highest BCUT2D eigenvalue weighted by molar-refractivity contribution is 6.46. The van der Waals surface area contributed by atoms with Gasteiger partial charge in [-0.3, -0.25) is 9.59 Å². The highest BCUT2D eigenvalue weighted by Gasteiger charge is 2.21. The van der Waals surface area contributed by atoms with Gasteiger partial charge in [-0.15, -0.1) is 0 Å². The van der Waals surface area contributed by atoms with E-state index in [2.05, 4.69) is 15.8 Å². The molecule has 0 unspecified atom stereocenters. The number of nitrogens with one attached hydrogen (secondary N) is 2. The van der Waals surface area contributed by atoms with Crippen LogP contribution in [0.3, 0.4) is 0 Å². The Bertz CT molecular complexity index is 480. The maximum Gasteiger partial charge on any atom is 0.272 e. The number of aryl methyl sites for hydroxylation is 1. The normalized spacial score (nSPS) is 14.3. The molecule has 1 aliphatic heterocycles. The van der Waals surface area contributed by atoms with Crippen LogP contribution in [0.5, 0.6) is 0 Å². The quantitative estimate of drug-likeness (QED) is 0.769. The lowest BCUT2D eigenvalue weighted by Crippen LogP contribution is -2.22. The molecule has 1 aliphatic rings. The molecule has 0 aliphatic carbocycles. The first-order valence-electron chi connectivity index (χ1n) is 4.88. The summed E-state index contributed by atoms with van der Waals surface area (Å²) in [4.78, 5) is 22.5. The first-order valence-corrected chi connectivity index (χ1v) is 4.88. The minimum atomic E-state index is -0.344. The van der Waals surface area contributed by atoms with Crippen molar-refractivity contribution >= 4 is 23.2 Å². The molecule has 16 heavy (non-hydrogen) atoms. The number of benzene rings is 1. The van der Waals surface area contributed by atoms with Crippen LogP contribution < -0.4 is 10.7 Å². The number of rotatable bonds is 2. The Morgan fingerprint density at radius 2 is 2.31 bits per heavy atom. The highest BCUT2D eigenvalue weighted by atomic mass is 16.2. The van der Waals surface area contributed by atoms with Crippen LogP contribution in [0.25, 0.3) is 0 Å². The second-order valence-corrected chi connectivity index (χ2v) is 3.59. The minimum absolute atomic E-state index is 0.0393. The first kappa shape index (κ1) is 10.4. The minimum Gasteiger partial charge on any atom is -0.321 e. The molecular weight excluding hydrogens is 206 g/mol. The summed E-state index contributed by atoms with van der Waals surface area (Å²) in [5, 5.41) is 6.32. The van der Waals surface area contributed by atoms with Gasteiger partial charge in [-0.2, -0.15) is 5.10 Å². The standard InChI is InChI=1S/C11H11N3O2/c1-7-3-2-4-8(5-7)12-11(16)9-6-10(15)14-13-9/h2-5H,6H2,1H3,(H,12,16)(H,14,15). The Kier molecular flexibility index (Phi) is 2.68. The molecule has 0 spiro atoms. The van der Waals surface area contributed by atoms with Gasteiger partial charge in [0.25, 0.3) is 5.91 Å². The zero-order chi connectivity index (χ0) is 11.5. The van der Waals surface area contributed by atoms with E-state index in [1.807, 2.05) is 25.1 Å². The number of nitrogens with zero attached hydrogens (tertiary/aromatic N) is 1. The van der Waals surface area contributed by atoms with Crippen LogP contribution in [0.4, 0.5) is 5.69 Å². The summed E-state index contributed by atoms with van der Waals surface area (Å²) in [6, 6.07) is 7.43. The SMILES string of the molecule is Cc1cccc(NC(=O)C2=NNC(=O)C2)c1. The summed E-state index contributed by atoms with van der Waals surface area (Å²) in [5.41, 5.74) is 4.21. The molecule has 1 aromatic rings. The van der Waals surface area contributed by atoms with Gasteiger partial charge in [0, 0.05) is 5.69 Å². The molecule has 1 aromatic carbocycles. The van der Waals surface area contributed by atoms with E-state index in [4.69, 9.17) is 0 Å². The van der Waals surface area contributed by atoms with E-state index in [0.29, 0.717) is 5.69 Å². The van der Waals surface area contributed by atoms with E-state index >= 15 is 0 Å². The van der Waals surface area contributed by atoms with Crippen molar-refractivity contribution in [1.82, 2.24) is 5.43 Å². The maximum atomic E-state index is 11.6. The number of hydrazone groups is 1. The van der Waals surface area contributed by atoms with E-state index in [9.17, 15) is 9.59 Å². The third kappa shape index (κ3) is 2.25. The Morgan fingerprint density at radius 1 is 1.50 bits per heavy atom. The number of amides is 2. The maximum absolute atomic E-state index is 11.6. The summed E-state index contributed by atoms with van der Waals surface area (Å²) in [6.45, 7) is 1.94. The zero-order valence-corrected chi connectivity index (χ0v) is 8.78. The predicted molar refractivity (Wildman–Crippen MR) is 60.0 cm³/mol. The van der Waals surface area contributed by atoms with Gasteiger partial charge in [0.05, 0.1) is 6.42 Å². The largest absolute Gasteiger partial charge is 0.321 e. The molecule has 2 amide bonds. The third-order valence-electron chi connectivity index (χ3n) is 2.18. The van der Waals surface area contributed by atoms with Gasteiger partial charge in [0.2, 0.25) is 5.91 Å². The smallest absolute Gasteiger partial charge is 0.272 e. The van der Waals surface area contributed by atoms with Crippen molar-refractivity contribution in [2.75, 3.05) is 5.32 Å². The molecule has 0 saturated carbocycles. The molecule has 1 heterocycles. The van der Waals surface area contributed by atoms with E-state index in [0.717, 1.165) is 5.56 Å². The van der Waals surface area contributed by atoms with Crippen LogP contribution in [-0.2, 0) is 9.59 Å². The zero-order valence-electron chi connectivity index (χ0n) is 8.78. The fraction of sp³-hybridized carbons (Fsp3) is 0.182. The highest BCUT2D eigenvalue weighted by Crippen LogP contribution is 2.10. The molecule has 82 valence electrons. The lowest BCUT2D eigenvalue weighted by Gasteiger charge is -2.04. The van der Waals surface area contributed by atoms with Crippen LogP contribution in [0.15, 0.2) is 29.4 Å². The van der Waals surface area contributed by atoms with Gasteiger partial charge in [0.1, 0.15) is 5.71 Å². The average Bonchev–Trinajstić information content (AvgIpc) is 2.65. The molecule has 0 saturated heterocycles. The molecule has 0 fully saturated rings. The molecule has 0 bridgehead atoms. The van der Waals surface area contributed by atoms with Crippen molar-refractivity contribution in [3.8, 4) is 0 Å². The second-order valence-electron chi connectivity index (χ2n) is 3.59. The monoisotopic (exact) mass is 217 g/mol. The van der Waals surface area contributed by atoms with Gasteiger partial charge in [-0.05, 0) is 24.6 Å². The summed E-state index contributed by atoms with van der Waals surface area (Å²) < 4.78 is 0. The van der Waals surface area contributed by atoms with Crippen molar-refractivity contribution in [1.29, 1.82) is 0 Å². The van der Waals surface area contributed by atoms with Crippen LogP contribution in [-0.4, -0.2) is 17.5 Å². The Balaban J connectivity index is 2.05. The van der Waals surface area contributed by atoms with Gasteiger partial charge in [-0.1, -0.05) is 12.1 Å². The fourth-order valence-electron chi connectivity index (χ4n) is 1.42. The Morgan fingerprint density at radius 3 is 2.94 bits per heavy atom. The lowest BCUT2D eigenvalue weighted by molar-refractivity contribution is -0.119. The Labute approximate surface area is 92.5 Å². The van der Waals surface area contributed by atoms with E-state index in [-0.39, 0.29) is 23.9 Å². The van der Waals surface area contributed by atoms with Gasteiger partial charge < -0.3 is 5.32 Å². The fourth-order valence-corrected chi connectivity index (χ4v) is 1.42. The van der Waals surface area contributed by atoms with E-state index in [1.54, 1.807) is 6.07 Å². The molecular formula is C11H11N3O2. The Hall–Kier alpha value is -2.17. The summed E-state index contributed by atoms with van der Waals surface area (Å²) in [5.74, 6) is -0.599. The molecule has 0 radical (unpaired) electrons. The van der Waals surface area contributed by atoms with Gasteiger partial charge >= 0.3 is 0 Å². The molecule has 5 nitrogen and oxygen atoms in total. The molecule has 0 atom stereocenters. The summed E-state index contributed by atoms with van der Waals surface area (Å²) in [6.07, 6.45) is 0.0393. The van der Waals surface area contributed by atoms with Gasteiger partial charge in [0.15, 0.2) is 0 Å². The number of carbonyl (C=O) groups excluding carboxylic acids is 2. The van der Waals surface area contributed by atoms with Crippen LogP contribution in [0.2, 0.25) is 0 Å². The molecule has 0 aromatic heterocycles. The van der Waals surface area contributed by atoms with Crippen molar-refractivity contribution in [2.45, 2.75) is 13.3 Å². The van der Waals surface area contributed by atoms with E-state index < -0.39 is 0 Å². The molecule has 5 heteroatoms. The number of carbonyl (C=O) groups is 2. The number of hydrogen-bond donors (Lipinski definition) is 2. The van der Waals surface area contributed by atoms with Gasteiger partial charge in [-0.25, -0.2) is 5.43 Å². The van der Waals surface area contributed by atoms with Crippen LogP contribution >= 0.6 is 0 Å². The molecule has 2 rings (SSSR count). The van der Waals surface area contributed by atoms with Crippen molar-refractivity contribution < 1.29 is 9.59 Å². The molecule has 2 N–H and O–H groups in total. The van der Waals surface area contributed by atoms with Crippen LogP contribution in [0.1, 0.15) is 12.0 Å². The van der Waals surface area contributed by atoms with Crippen LogP contribution in [0, 0.1) is 6.92 Å². The van der Waals surface area contributed by atoms with E-state index in [1.165, 1.54) is 0 Å². The van der Waals surface area contributed by atoms with Crippen molar-refractivity contribution in [2.24, 2.45) is 5.10 Å². The number of anilines is 1.